The number of nitrogens with zero attached hydrogens (tertiary/aromatic N) is 3. The number of primary amides is 1. The van der Waals surface area contributed by atoms with E-state index in [0.29, 0.717) is 6.54 Å². The van der Waals surface area contributed by atoms with Crippen LogP contribution in [0.15, 0.2) is 0 Å². The molecule has 5 amide bonds. The highest BCUT2D eigenvalue weighted by molar-refractivity contribution is 6.06. The predicted octanol–water partition coefficient (Wildman–Crippen LogP) is -2.41. The zero-order chi connectivity index (χ0) is 14.9. The van der Waals surface area contributed by atoms with Crippen LogP contribution in [0.4, 0.5) is 4.79 Å². The molecule has 9 nitrogen and oxygen atoms in total. The second-order valence-corrected chi connectivity index (χ2v) is 4.66. The normalized spacial score (nSPS) is 22.2. The van der Waals surface area contributed by atoms with E-state index in [1.165, 1.54) is 16.9 Å². The number of methoxy groups -OCH3 is 1. The molecule has 0 aromatic heterocycles. The van der Waals surface area contributed by atoms with Crippen molar-refractivity contribution in [3.63, 3.8) is 0 Å². The van der Waals surface area contributed by atoms with Crippen LogP contribution in [0.25, 0.3) is 0 Å². The van der Waals surface area contributed by atoms with Gasteiger partial charge in [0.2, 0.25) is 11.8 Å². The van der Waals surface area contributed by atoms with Crippen LogP contribution in [0, 0.1) is 0 Å². The van der Waals surface area contributed by atoms with E-state index in [9.17, 15) is 19.2 Å². The van der Waals surface area contributed by atoms with Crippen LogP contribution in [0.2, 0.25) is 0 Å². The molecule has 2 saturated heterocycles. The molecule has 0 aromatic carbocycles. The number of fused-ring (bicyclic) bond motifs is 1. The molecule has 0 aliphatic carbocycles. The monoisotopic (exact) mass is 284 g/mol. The number of hydrogen-bond acceptors (Lipinski definition) is 5. The Kier molecular flexibility index (Phi) is 3.89. The van der Waals surface area contributed by atoms with Crippen LogP contribution in [0.5, 0.6) is 0 Å². The zero-order valence-corrected chi connectivity index (χ0v) is 11.1. The minimum absolute atomic E-state index is 0.0696. The Morgan fingerprint density at radius 3 is 2.65 bits per heavy atom. The molecule has 1 atom stereocenters. The lowest BCUT2D eigenvalue weighted by Crippen LogP contribution is -2.55. The topological polar surface area (TPSA) is 113 Å². The van der Waals surface area contributed by atoms with E-state index in [1.54, 1.807) is 0 Å². The third-order valence-electron chi connectivity index (χ3n) is 3.34. The van der Waals surface area contributed by atoms with Gasteiger partial charge < -0.3 is 20.3 Å². The fourth-order valence-electron chi connectivity index (χ4n) is 2.40. The summed E-state index contributed by atoms with van der Waals surface area (Å²) in [5.74, 6) is -1.48. The maximum atomic E-state index is 12.1. The molecule has 0 radical (unpaired) electrons. The summed E-state index contributed by atoms with van der Waals surface area (Å²) in [7, 11) is 1.41. The largest absolute Gasteiger partial charge is 0.375 e. The van der Waals surface area contributed by atoms with Crippen molar-refractivity contribution in [3.8, 4) is 0 Å². The lowest BCUT2D eigenvalue weighted by atomic mass is 10.2. The minimum atomic E-state index is -0.751. The smallest absolute Gasteiger partial charge is 0.328 e. The van der Waals surface area contributed by atoms with E-state index in [-0.39, 0.29) is 25.6 Å². The van der Waals surface area contributed by atoms with E-state index in [2.05, 4.69) is 0 Å². The third kappa shape index (κ3) is 2.44. The Hall–Kier alpha value is -2.16. The maximum Gasteiger partial charge on any atom is 0.328 e. The summed E-state index contributed by atoms with van der Waals surface area (Å²) in [5.41, 5.74) is 5.02. The van der Waals surface area contributed by atoms with Gasteiger partial charge in [0.1, 0.15) is 19.2 Å². The van der Waals surface area contributed by atoms with Crippen molar-refractivity contribution in [2.24, 2.45) is 5.73 Å². The Morgan fingerprint density at radius 1 is 1.35 bits per heavy atom. The van der Waals surface area contributed by atoms with E-state index >= 15 is 0 Å². The number of piperazine rings is 1. The number of nitrogens with two attached hydrogens (primary N) is 1. The average Bonchev–Trinajstić information content (AvgIpc) is 2.63. The molecule has 2 aliphatic heterocycles. The van der Waals surface area contributed by atoms with Crippen molar-refractivity contribution in [2.75, 3.05) is 39.9 Å². The molecule has 0 aromatic rings. The molecular formula is C11H16N4O5. The lowest BCUT2D eigenvalue weighted by molar-refractivity contribution is -0.139. The third-order valence-corrected chi connectivity index (χ3v) is 3.34. The maximum absolute atomic E-state index is 12.1. The summed E-state index contributed by atoms with van der Waals surface area (Å²) in [5, 5.41) is 0. The molecule has 0 spiro atoms. The summed E-state index contributed by atoms with van der Waals surface area (Å²) in [6, 6.07) is -1.27. The van der Waals surface area contributed by atoms with Gasteiger partial charge in [-0.25, -0.2) is 4.79 Å². The number of urea groups is 1. The van der Waals surface area contributed by atoms with Gasteiger partial charge in [-0.15, -0.1) is 0 Å². The molecule has 2 aliphatic rings. The molecule has 20 heavy (non-hydrogen) atoms. The van der Waals surface area contributed by atoms with Crippen molar-refractivity contribution >= 4 is 23.8 Å². The first-order chi connectivity index (χ1) is 9.45. The first-order valence-electron chi connectivity index (χ1n) is 6.12. The number of hydrogen-bond donors (Lipinski definition) is 1. The fourth-order valence-corrected chi connectivity index (χ4v) is 2.40. The van der Waals surface area contributed by atoms with Gasteiger partial charge >= 0.3 is 6.03 Å². The number of ether oxygens (including phenoxy) is 1. The molecule has 110 valence electrons. The molecule has 2 rings (SSSR count). The highest BCUT2D eigenvalue weighted by Gasteiger charge is 2.48. The van der Waals surface area contributed by atoms with Gasteiger partial charge in [-0.2, -0.15) is 0 Å². The van der Waals surface area contributed by atoms with Gasteiger partial charge in [0, 0.05) is 20.2 Å². The fraction of sp³-hybridized carbons (Fsp3) is 0.636. The first kappa shape index (κ1) is 14.3. The number of rotatable bonds is 4. The molecule has 0 saturated carbocycles. The highest BCUT2D eigenvalue weighted by atomic mass is 16.5. The first-order valence-corrected chi connectivity index (χ1v) is 6.12. The second kappa shape index (κ2) is 5.45. The lowest BCUT2D eigenvalue weighted by Gasteiger charge is -2.35. The van der Waals surface area contributed by atoms with Crippen LogP contribution < -0.4 is 5.73 Å². The van der Waals surface area contributed by atoms with Gasteiger partial charge in [-0.05, 0) is 0 Å². The molecule has 2 N–H and O–H groups in total. The molecule has 2 heterocycles. The van der Waals surface area contributed by atoms with E-state index in [1.807, 2.05) is 0 Å². The van der Waals surface area contributed by atoms with Crippen LogP contribution in [0.1, 0.15) is 0 Å². The minimum Gasteiger partial charge on any atom is -0.375 e. The highest BCUT2D eigenvalue weighted by Crippen LogP contribution is 2.21. The molecule has 0 bridgehead atoms. The van der Waals surface area contributed by atoms with Gasteiger partial charge in [-0.3, -0.25) is 19.3 Å². The van der Waals surface area contributed by atoms with Crippen molar-refractivity contribution in [1.82, 2.24) is 14.7 Å². The van der Waals surface area contributed by atoms with E-state index in [4.69, 9.17) is 10.5 Å². The number of amides is 5. The number of carbonyl (C=O) groups is 4. The Balaban J connectivity index is 2.09. The number of imide groups is 1. The standard InChI is InChI=1S/C11H16N4O5/c1-20-6-9(17)13-2-3-14-7(4-13)10(18)15(11(14)19)5-8(12)16/h7H,2-6H2,1H3,(H2,12,16). The SMILES string of the molecule is COCC(=O)N1CCN2C(=O)N(CC(N)=O)C(=O)C2C1. The quantitative estimate of drug-likeness (QED) is 0.578. The van der Waals surface area contributed by atoms with Crippen molar-refractivity contribution in [2.45, 2.75) is 6.04 Å². The zero-order valence-electron chi connectivity index (χ0n) is 11.1. The van der Waals surface area contributed by atoms with E-state index < -0.39 is 30.4 Å². The summed E-state index contributed by atoms with van der Waals surface area (Å²) in [6.07, 6.45) is 0. The molecule has 2 fully saturated rings. The summed E-state index contributed by atoms with van der Waals surface area (Å²) >= 11 is 0. The van der Waals surface area contributed by atoms with Gasteiger partial charge in [0.25, 0.3) is 5.91 Å². The molecular weight excluding hydrogens is 268 g/mol. The van der Waals surface area contributed by atoms with Gasteiger partial charge in [-0.1, -0.05) is 0 Å². The second-order valence-electron chi connectivity index (χ2n) is 4.66. The summed E-state index contributed by atoms with van der Waals surface area (Å²) in [6.45, 7) is 0.195. The Bertz CT molecular complexity index is 466. The van der Waals surface area contributed by atoms with Crippen molar-refractivity contribution in [1.29, 1.82) is 0 Å². The van der Waals surface area contributed by atoms with Gasteiger partial charge in [0.15, 0.2) is 0 Å². The Morgan fingerprint density at radius 2 is 2.05 bits per heavy atom. The van der Waals surface area contributed by atoms with Crippen molar-refractivity contribution in [3.05, 3.63) is 0 Å². The van der Waals surface area contributed by atoms with Gasteiger partial charge in [0.05, 0.1) is 6.54 Å². The summed E-state index contributed by atoms with van der Waals surface area (Å²) < 4.78 is 4.76. The number of carbonyl (C=O) groups excluding carboxylic acids is 4. The Labute approximate surface area is 115 Å². The van der Waals surface area contributed by atoms with Crippen LogP contribution >= 0.6 is 0 Å². The van der Waals surface area contributed by atoms with Crippen LogP contribution in [0.3, 0.4) is 0 Å². The van der Waals surface area contributed by atoms with Crippen LogP contribution in [-0.2, 0) is 19.1 Å². The predicted molar refractivity (Wildman–Crippen MR) is 65.3 cm³/mol. The summed E-state index contributed by atoms with van der Waals surface area (Å²) in [4.78, 5) is 50.4. The molecule has 1 unspecified atom stereocenters. The molecule has 9 heteroatoms. The average molecular weight is 284 g/mol. The van der Waals surface area contributed by atoms with Crippen molar-refractivity contribution < 1.29 is 23.9 Å². The van der Waals surface area contributed by atoms with Crippen LogP contribution in [-0.4, -0.2) is 84.4 Å². The van der Waals surface area contributed by atoms with E-state index in [0.717, 1.165) is 4.90 Å².